The molecule has 0 unspecified atom stereocenters. The number of nitrogens with one attached hydrogen (secondary N) is 1. The second kappa shape index (κ2) is 6.78. The predicted octanol–water partition coefficient (Wildman–Crippen LogP) is 3.92. The summed E-state index contributed by atoms with van der Waals surface area (Å²) in [6, 6.07) is 10.8. The molecule has 1 amide bonds. The van der Waals surface area contributed by atoms with E-state index in [0.29, 0.717) is 10.6 Å². The fourth-order valence-corrected chi connectivity index (χ4v) is 2.93. The van der Waals surface area contributed by atoms with Crippen LogP contribution >= 0.6 is 0 Å². The van der Waals surface area contributed by atoms with Gasteiger partial charge in [0.2, 0.25) is 0 Å². The minimum Gasteiger partial charge on any atom is -0.504 e. The highest BCUT2D eigenvalue weighted by molar-refractivity contribution is 6.01. The molecule has 1 aliphatic rings. The maximum absolute atomic E-state index is 13.1. The lowest BCUT2D eigenvalue weighted by molar-refractivity contribution is -0.144. The Bertz CT molecular complexity index is 824. The zero-order valence-electron chi connectivity index (χ0n) is 13.9. The van der Waals surface area contributed by atoms with Crippen molar-refractivity contribution in [1.82, 2.24) is 4.90 Å². The summed E-state index contributed by atoms with van der Waals surface area (Å²) in [5.41, 5.74) is 0.679. The normalized spacial score (nSPS) is 16.8. The summed E-state index contributed by atoms with van der Waals surface area (Å²) >= 11 is 0. The van der Waals surface area contributed by atoms with E-state index in [9.17, 15) is 23.1 Å². The van der Waals surface area contributed by atoms with Gasteiger partial charge >= 0.3 is 6.18 Å². The van der Waals surface area contributed by atoms with Crippen LogP contribution in [0.2, 0.25) is 0 Å². The van der Waals surface area contributed by atoms with E-state index in [1.807, 2.05) is 0 Å². The van der Waals surface area contributed by atoms with Gasteiger partial charge in [0.05, 0.1) is 12.2 Å². The van der Waals surface area contributed by atoms with Gasteiger partial charge in [0.1, 0.15) is 12.7 Å². The molecule has 1 aliphatic heterocycles. The molecule has 0 spiro atoms. The zero-order chi connectivity index (χ0) is 18.9. The van der Waals surface area contributed by atoms with Crippen molar-refractivity contribution in [2.45, 2.75) is 19.3 Å². The first-order valence-electron chi connectivity index (χ1n) is 7.99. The van der Waals surface area contributed by atoms with Crippen molar-refractivity contribution in [3.8, 4) is 11.5 Å². The molecule has 2 aromatic rings. The Balaban J connectivity index is 2.08. The lowest BCUT2D eigenvalue weighted by Crippen LogP contribution is -2.47. The molecule has 2 aromatic carbocycles. The monoisotopic (exact) mass is 366 g/mol. The number of fused-ring (bicyclic) bond motifs is 1. The minimum atomic E-state index is -4.59. The Morgan fingerprint density at radius 1 is 1.19 bits per heavy atom. The molecule has 0 fully saturated rings. The first-order valence-corrected chi connectivity index (χ1v) is 7.99. The third-order valence-electron chi connectivity index (χ3n) is 4.00. The van der Waals surface area contributed by atoms with Crippen molar-refractivity contribution >= 4 is 11.6 Å². The zero-order valence-corrected chi connectivity index (χ0v) is 13.9. The van der Waals surface area contributed by atoms with Gasteiger partial charge in [-0.1, -0.05) is 24.3 Å². The number of benzene rings is 2. The van der Waals surface area contributed by atoms with Crippen LogP contribution in [0.4, 0.5) is 18.9 Å². The van der Waals surface area contributed by atoms with Crippen molar-refractivity contribution in [2.24, 2.45) is 0 Å². The van der Waals surface area contributed by atoms with Crippen LogP contribution in [0.25, 0.3) is 0 Å². The van der Waals surface area contributed by atoms with Gasteiger partial charge in [-0.15, -0.1) is 0 Å². The summed E-state index contributed by atoms with van der Waals surface area (Å²) in [6.07, 6.45) is -5.77. The number of ether oxygens (including phenoxy) is 1. The standard InChI is InChI=1S/C18H17F3N2O3/c1-2-26-14-9-5-7-12(15(14)24)16-22-13-8-4-3-6-11(13)17(25)23(16)10-18(19,20)21/h3-9,16,22,24H,2,10H2,1H3/t16-/m1/s1. The molecule has 138 valence electrons. The van der Waals surface area contributed by atoms with Crippen LogP contribution in [0.1, 0.15) is 29.0 Å². The molecule has 2 N–H and O–H groups in total. The van der Waals surface area contributed by atoms with Gasteiger partial charge in [-0.05, 0) is 25.1 Å². The highest BCUT2D eigenvalue weighted by Crippen LogP contribution is 2.41. The Hall–Kier alpha value is -2.90. The fourth-order valence-electron chi connectivity index (χ4n) is 2.93. The summed E-state index contributed by atoms with van der Waals surface area (Å²) in [5, 5.41) is 13.4. The van der Waals surface area contributed by atoms with Crippen LogP contribution < -0.4 is 10.1 Å². The molecule has 5 nitrogen and oxygen atoms in total. The summed E-state index contributed by atoms with van der Waals surface area (Å²) in [5.74, 6) is -0.917. The minimum absolute atomic E-state index is 0.128. The fraction of sp³-hybridized carbons (Fsp3) is 0.278. The topological polar surface area (TPSA) is 61.8 Å². The molecule has 0 saturated carbocycles. The lowest BCUT2D eigenvalue weighted by atomic mass is 10.0. The molecule has 3 rings (SSSR count). The van der Waals surface area contributed by atoms with Gasteiger partial charge in [0.25, 0.3) is 5.91 Å². The third kappa shape index (κ3) is 3.40. The number of nitrogens with zero attached hydrogens (tertiary/aromatic N) is 1. The Kier molecular flexibility index (Phi) is 4.67. The summed E-state index contributed by atoms with van der Waals surface area (Å²) in [7, 11) is 0. The van der Waals surface area contributed by atoms with E-state index in [-0.39, 0.29) is 29.2 Å². The maximum Gasteiger partial charge on any atom is 0.406 e. The van der Waals surface area contributed by atoms with E-state index in [1.165, 1.54) is 18.2 Å². The van der Waals surface area contributed by atoms with E-state index in [1.54, 1.807) is 31.2 Å². The summed E-state index contributed by atoms with van der Waals surface area (Å²) in [6.45, 7) is 0.556. The number of rotatable bonds is 4. The smallest absolute Gasteiger partial charge is 0.406 e. The predicted molar refractivity (Wildman–Crippen MR) is 89.2 cm³/mol. The number of hydrogen-bond acceptors (Lipinski definition) is 4. The van der Waals surface area contributed by atoms with E-state index < -0.39 is 24.8 Å². The number of aromatic hydroxyl groups is 1. The van der Waals surface area contributed by atoms with Crippen LogP contribution in [-0.2, 0) is 0 Å². The molecule has 0 bridgehead atoms. The average molecular weight is 366 g/mol. The van der Waals surface area contributed by atoms with Crippen molar-refractivity contribution in [2.75, 3.05) is 18.5 Å². The number of phenolic OH excluding ortho intramolecular Hbond substituents is 1. The molecule has 8 heteroatoms. The number of carbonyl (C=O) groups excluding carboxylic acids is 1. The van der Waals surface area contributed by atoms with Crippen LogP contribution in [0.5, 0.6) is 11.5 Å². The molecule has 26 heavy (non-hydrogen) atoms. The van der Waals surface area contributed by atoms with Gasteiger partial charge in [-0.25, -0.2) is 0 Å². The van der Waals surface area contributed by atoms with Gasteiger partial charge in [0.15, 0.2) is 11.5 Å². The quantitative estimate of drug-likeness (QED) is 0.861. The van der Waals surface area contributed by atoms with Gasteiger partial charge in [-0.2, -0.15) is 13.2 Å². The molecule has 0 saturated heterocycles. The van der Waals surface area contributed by atoms with Crippen molar-refractivity contribution in [3.05, 3.63) is 53.6 Å². The van der Waals surface area contributed by atoms with Crippen LogP contribution in [0, 0.1) is 0 Å². The van der Waals surface area contributed by atoms with E-state index >= 15 is 0 Å². The molecule has 0 aliphatic carbocycles. The van der Waals surface area contributed by atoms with Crippen LogP contribution in [0.15, 0.2) is 42.5 Å². The number of phenols is 1. The number of alkyl halides is 3. The summed E-state index contributed by atoms with van der Waals surface area (Å²) < 4.78 is 44.5. The lowest BCUT2D eigenvalue weighted by Gasteiger charge is -2.38. The molecule has 0 radical (unpaired) electrons. The molecular formula is C18H17F3N2O3. The van der Waals surface area contributed by atoms with Gasteiger partial charge in [-0.3, -0.25) is 4.79 Å². The van der Waals surface area contributed by atoms with Crippen LogP contribution in [-0.4, -0.2) is 35.2 Å². The Labute approximate surface area is 148 Å². The first-order chi connectivity index (χ1) is 12.3. The number of amides is 1. The van der Waals surface area contributed by atoms with Gasteiger partial charge in [0, 0.05) is 11.3 Å². The maximum atomic E-state index is 13.1. The molecular weight excluding hydrogens is 349 g/mol. The SMILES string of the molecule is CCOc1cccc([C@@H]2Nc3ccccc3C(=O)N2CC(F)(F)F)c1O. The second-order valence-corrected chi connectivity index (χ2v) is 5.77. The van der Waals surface area contributed by atoms with Crippen molar-refractivity contribution < 1.29 is 27.8 Å². The highest BCUT2D eigenvalue weighted by Gasteiger charge is 2.41. The number of anilines is 1. The molecule has 1 heterocycles. The number of para-hydroxylation sites is 2. The van der Waals surface area contributed by atoms with Crippen LogP contribution in [0.3, 0.4) is 0 Å². The van der Waals surface area contributed by atoms with Gasteiger partial charge < -0.3 is 20.1 Å². The number of hydrogen-bond donors (Lipinski definition) is 2. The largest absolute Gasteiger partial charge is 0.504 e. The highest BCUT2D eigenvalue weighted by atomic mass is 19.4. The van der Waals surface area contributed by atoms with Crippen molar-refractivity contribution in [3.63, 3.8) is 0 Å². The molecule has 0 aromatic heterocycles. The van der Waals surface area contributed by atoms with E-state index in [0.717, 1.165) is 0 Å². The third-order valence-corrected chi connectivity index (χ3v) is 4.00. The first kappa shape index (κ1) is 17.9. The average Bonchev–Trinajstić information content (AvgIpc) is 2.59. The Morgan fingerprint density at radius 2 is 1.92 bits per heavy atom. The summed E-state index contributed by atoms with van der Waals surface area (Å²) in [4.78, 5) is 13.3. The number of halogens is 3. The van der Waals surface area contributed by atoms with E-state index in [4.69, 9.17) is 4.74 Å². The Morgan fingerprint density at radius 3 is 2.62 bits per heavy atom. The van der Waals surface area contributed by atoms with Crippen molar-refractivity contribution in [1.29, 1.82) is 0 Å². The number of carbonyl (C=O) groups is 1. The van der Waals surface area contributed by atoms with E-state index in [2.05, 4.69) is 5.32 Å². The second-order valence-electron chi connectivity index (χ2n) is 5.77. The molecule has 1 atom stereocenters.